The second-order valence-electron chi connectivity index (χ2n) is 13.8. The van der Waals surface area contributed by atoms with Gasteiger partial charge in [0.05, 0.1) is 18.8 Å². The van der Waals surface area contributed by atoms with Gasteiger partial charge in [-0.2, -0.15) is 0 Å². The van der Waals surface area contributed by atoms with E-state index < -0.39 is 24.0 Å². The lowest BCUT2D eigenvalue weighted by Gasteiger charge is -2.38. The van der Waals surface area contributed by atoms with Crippen LogP contribution in [-0.4, -0.2) is 64.8 Å². The average molecular weight is 673 g/mol. The lowest BCUT2D eigenvalue weighted by Crippen LogP contribution is -2.45. The van der Waals surface area contributed by atoms with Crippen LogP contribution in [0, 0.1) is 0 Å². The van der Waals surface area contributed by atoms with E-state index >= 15 is 0 Å². The number of hydrogen-bond donors (Lipinski definition) is 2. The quantitative estimate of drug-likeness (QED) is 0.245. The molecule has 0 aliphatic carbocycles. The first-order valence-electron chi connectivity index (χ1n) is 17.0. The zero-order valence-corrected chi connectivity index (χ0v) is 29.0. The number of likely N-dealkylation sites (tertiary alicyclic amines) is 1. The third kappa shape index (κ3) is 9.76. The molecule has 5 rings (SSSR count). The Kier molecular flexibility index (Phi) is 11.9. The van der Waals surface area contributed by atoms with Crippen molar-refractivity contribution in [1.29, 1.82) is 0 Å². The molecule has 0 radical (unpaired) electrons. The van der Waals surface area contributed by atoms with Crippen LogP contribution in [0.2, 0.25) is 0 Å². The largest absolute Gasteiger partial charge is 0.459 e. The van der Waals surface area contributed by atoms with E-state index in [9.17, 15) is 19.5 Å². The molecule has 0 saturated carbocycles. The summed E-state index contributed by atoms with van der Waals surface area (Å²) in [5.74, 6) is -1.07. The van der Waals surface area contributed by atoms with E-state index in [0.29, 0.717) is 13.0 Å². The van der Waals surface area contributed by atoms with Crippen LogP contribution in [0.4, 0.5) is 0 Å². The number of ether oxygens (including phenoxy) is 4. The van der Waals surface area contributed by atoms with E-state index in [1.165, 1.54) is 6.92 Å². The minimum Gasteiger partial charge on any atom is -0.459 e. The van der Waals surface area contributed by atoms with Crippen molar-refractivity contribution < 1.29 is 38.4 Å². The second-order valence-corrected chi connectivity index (χ2v) is 13.8. The van der Waals surface area contributed by atoms with Gasteiger partial charge in [-0.25, -0.2) is 0 Å². The number of rotatable bonds is 11. The number of aliphatic hydroxyl groups is 1. The van der Waals surface area contributed by atoms with Crippen LogP contribution in [0.3, 0.4) is 0 Å². The first-order chi connectivity index (χ1) is 23.4. The third-order valence-corrected chi connectivity index (χ3v) is 8.77. The Morgan fingerprint density at radius 3 is 2.35 bits per heavy atom. The van der Waals surface area contributed by atoms with Crippen LogP contribution in [0.5, 0.6) is 0 Å². The normalized spacial score (nSPS) is 21.9. The van der Waals surface area contributed by atoms with Crippen molar-refractivity contribution in [2.75, 3.05) is 13.1 Å². The van der Waals surface area contributed by atoms with Crippen molar-refractivity contribution in [3.05, 3.63) is 95.1 Å². The maximum absolute atomic E-state index is 13.1. The number of nitrogens with zero attached hydrogens (tertiary/aromatic N) is 1. The predicted octanol–water partition coefficient (Wildman–Crippen LogP) is 5.77. The van der Waals surface area contributed by atoms with Gasteiger partial charge in [-0.3, -0.25) is 19.3 Å². The minimum absolute atomic E-state index is 0.0313. The third-order valence-electron chi connectivity index (χ3n) is 8.77. The number of aliphatic hydroxyl groups excluding tert-OH is 1. The highest BCUT2D eigenvalue weighted by atomic mass is 16.7. The first-order valence-corrected chi connectivity index (χ1v) is 17.0. The average Bonchev–Trinajstić information content (AvgIpc) is 3.54. The van der Waals surface area contributed by atoms with E-state index in [2.05, 4.69) is 10.2 Å². The van der Waals surface area contributed by atoms with E-state index in [-0.39, 0.29) is 43.3 Å². The molecule has 2 N–H and O–H groups in total. The van der Waals surface area contributed by atoms with E-state index in [1.807, 2.05) is 93.6 Å². The molecule has 49 heavy (non-hydrogen) atoms. The van der Waals surface area contributed by atoms with Crippen LogP contribution < -0.4 is 5.32 Å². The molecule has 1 amide bonds. The Balaban J connectivity index is 1.33. The molecule has 10 heteroatoms. The molecular weight excluding hydrogens is 624 g/mol. The second kappa shape index (κ2) is 16.1. The predicted molar refractivity (Wildman–Crippen MR) is 184 cm³/mol. The Morgan fingerprint density at radius 2 is 1.67 bits per heavy atom. The molecular formula is C39H48N2O8. The van der Waals surface area contributed by atoms with Gasteiger partial charge in [-0.1, -0.05) is 72.8 Å². The van der Waals surface area contributed by atoms with Gasteiger partial charge < -0.3 is 29.4 Å². The summed E-state index contributed by atoms with van der Waals surface area (Å²) < 4.78 is 23.9. The standard InChI is InChI=1S/C39H48N2O8/c1-25(46-26(2)43)36(44)40-22-31-9-6-7-10-33(31)28-16-18-30(19-17-28)38-47-32(21-35(48-38)29-14-12-27(24-42)13-15-29)23-41-20-8-11-34(41)37(45)49-39(3,4)5/h6-7,9-10,12-19,25,32,34-35,38,42H,8,11,20-24H2,1-5H3,(H,40,44)/t25-,32+,34-,35-,38-/m0/s1. The summed E-state index contributed by atoms with van der Waals surface area (Å²) in [7, 11) is 0. The Bertz CT molecular complexity index is 1580. The zero-order valence-electron chi connectivity index (χ0n) is 29.0. The highest BCUT2D eigenvalue weighted by Gasteiger charge is 2.39. The number of carbonyl (C=O) groups excluding carboxylic acids is 3. The fourth-order valence-corrected chi connectivity index (χ4v) is 6.38. The molecule has 0 spiro atoms. The molecule has 2 aliphatic heterocycles. The van der Waals surface area contributed by atoms with Gasteiger partial charge in [0.25, 0.3) is 5.91 Å². The Morgan fingerprint density at radius 1 is 0.980 bits per heavy atom. The SMILES string of the molecule is CC(=O)O[C@@H](C)C(=O)NCc1ccccc1-c1ccc([C@H]2O[C@@H](CN3CCC[C@H]3C(=O)OC(C)(C)C)C[C@@H](c3ccc(CO)cc3)O2)cc1. The van der Waals surface area contributed by atoms with E-state index in [1.54, 1.807) is 6.92 Å². The summed E-state index contributed by atoms with van der Waals surface area (Å²) in [4.78, 5) is 39.0. The Labute approximate surface area is 288 Å². The number of hydrogen-bond acceptors (Lipinski definition) is 9. The smallest absolute Gasteiger partial charge is 0.323 e. The fourth-order valence-electron chi connectivity index (χ4n) is 6.38. The topological polar surface area (TPSA) is 124 Å². The van der Waals surface area contributed by atoms with Crippen LogP contribution in [0.1, 0.15) is 88.5 Å². The maximum Gasteiger partial charge on any atom is 0.323 e. The number of nitrogens with one attached hydrogen (secondary N) is 1. The molecule has 0 aromatic heterocycles. The summed E-state index contributed by atoms with van der Waals surface area (Å²) in [5, 5.41) is 12.4. The van der Waals surface area contributed by atoms with Crippen molar-refractivity contribution >= 4 is 17.8 Å². The molecule has 2 aliphatic rings. The van der Waals surface area contributed by atoms with Gasteiger partial charge in [-0.05, 0) is 74.9 Å². The zero-order chi connectivity index (χ0) is 35.1. The van der Waals surface area contributed by atoms with Crippen molar-refractivity contribution in [3.8, 4) is 11.1 Å². The van der Waals surface area contributed by atoms with Gasteiger partial charge in [0.1, 0.15) is 11.6 Å². The molecule has 2 fully saturated rings. The highest BCUT2D eigenvalue weighted by Crippen LogP contribution is 2.39. The first kappa shape index (κ1) is 36.2. The monoisotopic (exact) mass is 672 g/mol. The van der Waals surface area contributed by atoms with E-state index in [4.69, 9.17) is 18.9 Å². The van der Waals surface area contributed by atoms with Gasteiger partial charge in [0, 0.05) is 32.0 Å². The summed E-state index contributed by atoms with van der Waals surface area (Å²) in [5.41, 5.74) is 4.97. The van der Waals surface area contributed by atoms with Crippen molar-refractivity contribution in [2.45, 2.75) is 103 Å². The van der Waals surface area contributed by atoms with Gasteiger partial charge >= 0.3 is 11.9 Å². The van der Waals surface area contributed by atoms with Crippen molar-refractivity contribution in [2.24, 2.45) is 0 Å². The summed E-state index contributed by atoms with van der Waals surface area (Å²) >= 11 is 0. The van der Waals surface area contributed by atoms with Crippen molar-refractivity contribution in [3.63, 3.8) is 0 Å². The molecule has 3 aromatic rings. The molecule has 2 saturated heterocycles. The molecule has 0 unspecified atom stereocenters. The molecule has 5 atom stereocenters. The highest BCUT2D eigenvalue weighted by molar-refractivity contribution is 5.83. The van der Waals surface area contributed by atoms with Crippen LogP contribution in [0.15, 0.2) is 72.8 Å². The lowest BCUT2D eigenvalue weighted by molar-refractivity contribution is -0.253. The molecule has 0 bridgehead atoms. The van der Waals surface area contributed by atoms with Gasteiger partial charge in [0.2, 0.25) is 0 Å². The van der Waals surface area contributed by atoms with Crippen molar-refractivity contribution in [1.82, 2.24) is 10.2 Å². The Hall–Kier alpha value is -4.09. The molecule has 3 aromatic carbocycles. The van der Waals surface area contributed by atoms with Crippen LogP contribution >= 0.6 is 0 Å². The number of benzene rings is 3. The maximum atomic E-state index is 13.1. The summed E-state index contributed by atoms with van der Waals surface area (Å²) in [6.45, 7) is 10.1. The van der Waals surface area contributed by atoms with Crippen LogP contribution in [-0.2, 0) is 46.5 Å². The summed E-state index contributed by atoms with van der Waals surface area (Å²) in [6.07, 6.45) is 0.301. The number of esters is 2. The van der Waals surface area contributed by atoms with Crippen LogP contribution in [0.25, 0.3) is 11.1 Å². The number of carbonyl (C=O) groups is 3. The minimum atomic E-state index is -0.881. The lowest BCUT2D eigenvalue weighted by atomic mass is 9.97. The van der Waals surface area contributed by atoms with Gasteiger partial charge in [0.15, 0.2) is 12.4 Å². The molecule has 262 valence electrons. The summed E-state index contributed by atoms with van der Waals surface area (Å²) in [6, 6.07) is 23.3. The number of amides is 1. The van der Waals surface area contributed by atoms with E-state index in [0.717, 1.165) is 52.8 Å². The molecule has 10 nitrogen and oxygen atoms in total. The van der Waals surface area contributed by atoms with Gasteiger partial charge in [-0.15, -0.1) is 0 Å². The fraction of sp³-hybridized carbons (Fsp3) is 0.462. The molecule has 2 heterocycles.